The van der Waals surface area contributed by atoms with Crippen LogP contribution in [0.4, 0.5) is 0 Å². The minimum atomic E-state index is -1.30. The molecule has 13 heteroatoms. The summed E-state index contributed by atoms with van der Waals surface area (Å²) in [7, 11) is 7.00. The number of aliphatic carboxylic acids is 1. The average Bonchev–Trinajstić information content (AvgIpc) is 3.43. The molecule has 0 saturated carbocycles. The highest BCUT2D eigenvalue weighted by Crippen LogP contribution is 2.46. The highest BCUT2D eigenvalue weighted by Gasteiger charge is 2.30. The van der Waals surface area contributed by atoms with E-state index >= 15 is 0 Å². The summed E-state index contributed by atoms with van der Waals surface area (Å²) in [5.74, 6) is -0.254. The van der Waals surface area contributed by atoms with Crippen LogP contribution in [0.15, 0.2) is 42.7 Å². The van der Waals surface area contributed by atoms with Gasteiger partial charge in [-0.3, -0.25) is 9.69 Å². The van der Waals surface area contributed by atoms with Gasteiger partial charge < -0.3 is 29.1 Å². The summed E-state index contributed by atoms with van der Waals surface area (Å²) in [6, 6.07) is 10.8. The Balaban J connectivity index is 1.52. The monoisotopic (exact) mass is 667 g/mol. The number of rotatable bonds is 12. The molecule has 0 unspecified atom stereocenters. The molecule has 0 bridgehead atoms. The van der Waals surface area contributed by atoms with Crippen molar-refractivity contribution in [2.75, 3.05) is 67.6 Å². The second-order valence-corrected chi connectivity index (χ2v) is 12.7. The third-order valence-electron chi connectivity index (χ3n) is 8.06. The topological polar surface area (TPSA) is 118 Å². The molecule has 2 aromatic carbocycles. The number of hydrogen-bond acceptors (Lipinski definition) is 10. The molecule has 1 saturated heterocycles. The van der Waals surface area contributed by atoms with Crippen LogP contribution in [0.5, 0.6) is 17.4 Å². The summed E-state index contributed by atoms with van der Waals surface area (Å²) in [4.78, 5) is 41.8. The number of methoxy groups -OCH3 is 1. The number of carbonyl (C=O) groups is 2. The first-order chi connectivity index (χ1) is 22.1. The largest absolute Gasteiger partial charge is 0.496 e. The third kappa shape index (κ3) is 7.20. The lowest BCUT2D eigenvalue weighted by molar-refractivity contribution is -0.145. The Hall–Kier alpha value is -3.97. The van der Waals surface area contributed by atoms with Crippen molar-refractivity contribution in [1.82, 2.24) is 24.7 Å². The van der Waals surface area contributed by atoms with E-state index in [9.17, 15) is 14.7 Å². The molecule has 5 rings (SSSR count). The lowest BCUT2D eigenvalue weighted by Crippen LogP contribution is -2.45. The van der Waals surface area contributed by atoms with Crippen LogP contribution in [0, 0.1) is 6.92 Å². The van der Waals surface area contributed by atoms with Gasteiger partial charge in [0.05, 0.1) is 17.5 Å². The molecule has 1 amide bonds. The molecule has 0 spiro atoms. The van der Waals surface area contributed by atoms with Crippen molar-refractivity contribution in [3.63, 3.8) is 0 Å². The minimum absolute atomic E-state index is 0.0266. The highest BCUT2D eigenvalue weighted by molar-refractivity contribution is 7.21. The molecular formula is C33H38ClN5O6S. The number of piperazine rings is 1. The molecule has 2 aromatic heterocycles. The normalized spacial score (nSPS) is 14.7. The molecule has 0 aliphatic carbocycles. The van der Waals surface area contributed by atoms with Gasteiger partial charge in [-0.15, -0.1) is 11.3 Å². The Morgan fingerprint density at radius 2 is 1.83 bits per heavy atom. The Labute approximate surface area is 277 Å². The van der Waals surface area contributed by atoms with Gasteiger partial charge in [-0.1, -0.05) is 35.9 Å². The first-order valence-electron chi connectivity index (χ1n) is 14.9. The second kappa shape index (κ2) is 14.6. The van der Waals surface area contributed by atoms with Crippen LogP contribution in [0.3, 0.4) is 0 Å². The van der Waals surface area contributed by atoms with E-state index in [4.69, 9.17) is 25.8 Å². The number of thiophene rings is 1. The molecular weight excluding hydrogens is 630 g/mol. The van der Waals surface area contributed by atoms with E-state index in [1.165, 1.54) is 29.7 Å². The fraction of sp³-hybridized carbons (Fsp3) is 0.394. The number of amides is 1. The van der Waals surface area contributed by atoms with Crippen LogP contribution in [0.25, 0.3) is 21.3 Å². The number of likely N-dealkylation sites (N-methyl/N-ethyl adjacent to an activating group) is 1. The lowest BCUT2D eigenvalue weighted by atomic mass is 9.97. The second-order valence-electron chi connectivity index (χ2n) is 11.4. The quantitative estimate of drug-likeness (QED) is 0.227. The minimum Gasteiger partial charge on any atom is -0.496 e. The summed E-state index contributed by atoms with van der Waals surface area (Å²) in [6.07, 6.45) is 0.0377. The number of aromatic nitrogens is 2. The molecule has 1 N–H and O–H groups in total. The Kier molecular flexibility index (Phi) is 10.6. The van der Waals surface area contributed by atoms with Crippen LogP contribution < -0.4 is 14.2 Å². The van der Waals surface area contributed by atoms with Crippen LogP contribution in [-0.4, -0.2) is 115 Å². The highest BCUT2D eigenvalue weighted by atomic mass is 35.5. The maximum atomic E-state index is 13.5. The zero-order valence-corrected chi connectivity index (χ0v) is 28.2. The SMILES string of the molecule is COc1ccccc1C[C@@H](Oc1ncnc2sc(C(=O)N(C)C)c(-c3ccc(OCCN4CCN(C)CC4)c(Cl)c3C)c12)C(=O)O. The van der Waals surface area contributed by atoms with Crippen LogP contribution in [0.2, 0.25) is 5.02 Å². The first-order valence-corrected chi connectivity index (χ1v) is 16.1. The summed E-state index contributed by atoms with van der Waals surface area (Å²) < 4.78 is 17.7. The van der Waals surface area contributed by atoms with Gasteiger partial charge in [0.25, 0.3) is 5.91 Å². The van der Waals surface area contributed by atoms with Gasteiger partial charge in [0, 0.05) is 58.8 Å². The van der Waals surface area contributed by atoms with Crippen LogP contribution in [0.1, 0.15) is 20.8 Å². The number of halogens is 1. The van der Waals surface area contributed by atoms with E-state index in [0.717, 1.165) is 32.7 Å². The van der Waals surface area contributed by atoms with Gasteiger partial charge in [-0.25, -0.2) is 14.8 Å². The molecule has 1 aliphatic heterocycles. The van der Waals surface area contributed by atoms with Gasteiger partial charge in [0.1, 0.15) is 34.1 Å². The van der Waals surface area contributed by atoms with E-state index in [1.54, 1.807) is 32.3 Å². The van der Waals surface area contributed by atoms with Gasteiger partial charge in [-0.05, 0) is 42.8 Å². The predicted molar refractivity (Wildman–Crippen MR) is 179 cm³/mol. The van der Waals surface area contributed by atoms with Crippen molar-refractivity contribution in [2.24, 2.45) is 0 Å². The Morgan fingerprint density at radius 3 is 2.52 bits per heavy atom. The molecule has 3 heterocycles. The molecule has 1 aliphatic rings. The van der Waals surface area contributed by atoms with Gasteiger partial charge in [0.15, 0.2) is 0 Å². The van der Waals surface area contributed by atoms with Gasteiger partial charge in [0.2, 0.25) is 12.0 Å². The van der Waals surface area contributed by atoms with E-state index in [1.807, 2.05) is 25.1 Å². The van der Waals surface area contributed by atoms with E-state index in [-0.39, 0.29) is 18.2 Å². The molecule has 4 aromatic rings. The summed E-state index contributed by atoms with van der Waals surface area (Å²) in [6.45, 7) is 7.19. The number of nitrogens with zero attached hydrogens (tertiary/aromatic N) is 5. The predicted octanol–water partition coefficient (Wildman–Crippen LogP) is 4.73. The number of ether oxygens (including phenoxy) is 3. The zero-order chi connectivity index (χ0) is 33.0. The van der Waals surface area contributed by atoms with Crippen molar-refractivity contribution < 1.29 is 28.9 Å². The number of benzene rings is 2. The fourth-order valence-electron chi connectivity index (χ4n) is 5.39. The molecule has 244 valence electrons. The van der Waals surface area contributed by atoms with Crippen molar-refractivity contribution in [2.45, 2.75) is 19.4 Å². The zero-order valence-electron chi connectivity index (χ0n) is 26.6. The van der Waals surface area contributed by atoms with E-state index in [0.29, 0.717) is 60.5 Å². The number of fused-ring (bicyclic) bond motifs is 1. The number of carbonyl (C=O) groups excluding carboxylic acids is 1. The molecule has 11 nitrogen and oxygen atoms in total. The van der Waals surface area contributed by atoms with E-state index < -0.39 is 12.1 Å². The van der Waals surface area contributed by atoms with Gasteiger partial charge >= 0.3 is 5.97 Å². The fourth-order valence-corrected chi connectivity index (χ4v) is 6.78. The van der Waals surface area contributed by atoms with Crippen LogP contribution >= 0.6 is 22.9 Å². The summed E-state index contributed by atoms with van der Waals surface area (Å²) >= 11 is 8.09. The number of carboxylic acid groups (broad SMARTS) is 1. The summed E-state index contributed by atoms with van der Waals surface area (Å²) in [5, 5.41) is 11.0. The first kappa shape index (κ1) is 33.4. The smallest absolute Gasteiger partial charge is 0.345 e. The summed E-state index contributed by atoms with van der Waals surface area (Å²) in [5.41, 5.74) is 2.57. The average molecular weight is 668 g/mol. The maximum absolute atomic E-state index is 13.5. The molecule has 1 atom stereocenters. The maximum Gasteiger partial charge on any atom is 0.345 e. The Bertz CT molecular complexity index is 1720. The van der Waals surface area contributed by atoms with E-state index in [2.05, 4.69) is 26.8 Å². The molecule has 0 radical (unpaired) electrons. The lowest BCUT2D eigenvalue weighted by Gasteiger charge is -2.32. The third-order valence-corrected chi connectivity index (χ3v) is 9.62. The molecule has 46 heavy (non-hydrogen) atoms. The van der Waals surface area contributed by atoms with Crippen molar-refractivity contribution in [3.8, 4) is 28.5 Å². The number of hydrogen-bond donors (Lipinski definition) is 1. The van der Waals surface area contributed by atoms with Crippen molar-refractivity contribution in [3.05, 3.63) is 63.8 Å². The molecule has 1 fully saturated rings. The van der Waals surface area contributed by atoms with Crippen molar-refractivity contribution in [1.29, 1.82) is 0 Å². The Morgan fingerprint density at radius 1 is 1.09 bits per heavy atom. The van der Waals surface area contributed by atoms with Crippen LogP contribution in [-0.2, 0) is 11.2 Å². The number of para-hydroxylation sites is 1. The number of carboxylic acids is 1. The van der Waals surface area contributed by atoms with Crippen molar-refractivity contribution >= 4 is 45.0 Å². The standard InChI is InChI=1S/C33H38ClN5O6S/c1-20-22(10-11-24(28(20)34)44-17-16-39-14-12-38(4)13-15-39)26-27-30(35-19-36-31(27)46-29(26)32(40)37(2)3)45-25(33(41)42)18-21-8-6-7-9-23(21)43-5/h6-11,19,25H,12-18H2,1-5H3,(H,41,42)/t25-/m1/s1. The van der Waals surface area contributed by atoms with Gasteiger partial charge in [-0.2, -0.15) is 0 Å².